The van der Waals surface area contributed by atoms with Gasteiger partial charge in [-0.2, -0.15) is 0 Å². The van der Waals surface area contributed by atoms with E-state index in [9.17, 15) is 0 Å². The Morgan fingerprint density at radius 1 is 1.12 bits per heavy atom. The minimum Gasteiger partial charge on any atom is -0.271 e. The Kier molecular flexibility index (Phi) is 5.08. The van der Waals surface area contributed by atoms with E-state index in [2.05, 4.69) is 45.0 Å². The Balaban J connectivity index is 0.00000144. The van der Waals surface area contributed by atoms with E-state index in [0.717, 1.165) is 19.3 Å². The lowest BCUT2D eigenvalue weighted by Crippen LogP contribution is -2.26. The molecule has 1 aromatic carbocycles. The monoisotopic (exact) mass is 269 g/mol. The first-order valence-corrected chi connectivity index (χ1v) is 6.93. The Labute approximate surface area is 115 Å². The largest absolute Gasteiger partial charge is 0.271 e. The summed E-state index contributed by atoms with van der Waals surface area (Å²) in [7, 11) is 0. The number of fused-ring (bicyclic) bond motifs is 1. The molecule has 1 heterocycles. The van der Waals surface area contributed by atoms with Crippen LogP contribution in [0.5, 0.6) is 0 Å². The van der Waals surface area contributed by atoms with Crippen LogP contribution >= 0.6 is 24.2 Å². The van der Waals surface area contributed by atoms with Gasteiger partial charge >= 0.3 is 0 Å². The van der Waals surface area contributed by atoms with Gasteiger partial charge in [0.25, 0.3) is 0 Å². The van der Waals surface area contributed by atoms with Crippen molar-refractivity contribution in [1.82, 2.24) is 0 Å². The molecule has 0 amide bonds. The summed E-state index contributed by atoms with van der Waals surface area (Å²) in [6.07, 6.45) is 3.22. The molecule has 0 N–H and O–H groups in total. The first-order chi connectivity index (χ1) is 7.75. The molecule has 0 unspecified atom stereocenters. The molecular formula is C14H20ClNS. The normalized spacial score (nSPS) is 16.8. The molecule has 0 bridgehead atoms. The molecule has 1 aliphatic rings. The van der Waals surface area contributed by atoms with Crippen LogP contribution in [-0.2, 0) is 5.54 Å². The van der Waals surface area contributed by atoms with Gasteiger partial charge in [-0.15, -0.1) is 12.4 Å². The van der Waals surface area contributed by atoms with E-state index in [0.29, 0.717) is 0 Å². The Hall–Kier alpha value is -0.470. The zero-order valence-electron chi connectivity index (χ0n) is 10.7. The minimum absolute atomic E-state index is 0. The average Bonchev–Trinajstić information content (AvgIpc) is 2.37. The Bertz CT molecular complexity index is 410. The van der Waals surface area contributed by atoms with Crippen molar-refractivity contribution in [3.05, 3.63) is 29.8 Å². The highest BCUT2D eigenvalue weighted by molar-refractivity contribution is 8.14. The molecular weight excluding hydrogens is 250 g/mol. The predicted molar refractivity (Wildman–Crippen MR) is 79.5 cm³/mol. The van der Waals surface area contributed by atoms with Gasteiger partial charge < -0.3 is 0 Å². The molecule has 2 rings (SSSR count). The molecule has 0 spiro atoms. The van der Waals surface area contributed by atoms with Crippen LogP contribution in [0.1, 0.15) is 45.6 Å². The van der Waals surface area contributed by atoms with Gasteiger partial charge in [0, 0.05) is 4.90 Å². The van der Waals surface area contributed by atoms with Gasteiger partial charge in [-0.1, -0.05) is 50.7 Å². The van der Waals surface area contributed by atoms with Crippen LogP contribution in [-0.4, -0.2) is 5.04 Å². The molecule has 0 atom stereocenters. The summed E-state index contributed by atoms with van der Waals surface area (Å²) in [5.74, 6) is 0. The van der Waals surface area contributed by atoms with Crippen molar-refractivity contribution < 1.29 is 0 Å². The summed E-state index contributed by atoms with van der Waals surface area (Å²) in [5, 5.41) is 1.28. The summed E-state index contributed by atoms with van der Waals surface area (Å²) < 4.78 is 0. The van der Waals surface area contributed by atoms with E-state index in [-0.39, 0.29) is 17.9 Å². The second-order valence-corrected chi connectivity index (χ2v) is 5.31. The predicted octanol–water partition coefficient (Wildman–Crippen LogP) is 5.04. The molecule has 0 radical (unpaired) electrons. The van der Waals surface area contributed by atoms with Crippen molar-refractivity contribution in [3.8, 4) is 0 Å². The molecule has 3 heteroatoms. The second kappa shape index (κ2) is 5.92. The third kappa shape index (κ3) is 2.53. The van der Waals surface area contributed by atoms with Gasteiger partial charge in [-0.25, -0.2) is 0 Å². The van der Waals surface area contributed by atoms with E-state index in [1.54, 1.807) is 0 Å². The average molecular weight is 270 g/mol. The summed E-state index contributed by atoms with van der Waals surface area (Å²) in [6, 6.07) is 8.72. The minimum atomic E-state index is 0. The van der Waals surface area contributed by atoms with Crippen LogP contribution in [0, 0.1) is 0 Å². The summed E-state index contributed by atoms with van der Waals surface area (Å²) in [6.45, 7) is 6.68. The highest BCUT2D eigenvalue weighted by Gasteiger charge is 2.33. The number of rotatable bonds is 3. The standard InChI is InChI=1S/C14H19NS.ClH/c1-4-13-15-14(5-2,6-3)11-9-7-8-10-12(11)16-13;/h7-10H,4-6H2,1-3H3;1H. The maximum absolute atomic E-state index is 4.99. The number of benzene rings is 1. The van der Waals surface area contributed by atoms with Gasteiger partial charge in [0.1, 0.15) is 0 Å². The fourth-order valence-electron chi connectivity index (χ4n) is 2.33. The highest BCUT2D eigenvalue weighted by Crippen LogP contribution is 2.44. The fraction of sp³-hybridized carbons (Fsp3) is 0.500. The van der Waals surface area contributed by atoms with E-state index in [1.165, 1.54) is 15.5 Å². The van der Waals surface area contributed by atoms with Gasteiger partial charge in [-0.05, 0) is 30.9 Å². The summed E-state index contributed by atoms with van der Waals surface area (Å²) >= 11 is 1.84. The van der Waals surface area contributed by atoms with E-state index >= 15 is 0 Å². The molecule has 0 aliphatic carbocycles. The van der Waals surface area contributed by atoms with Gasteiger partial charge in [0.15, 0.2) is 0 Å². The SMILES string of the molecule is CCC1=NC(CC)(CC)c2ccccc2S1.Cl. The molecule has 0 aromatic heterocycles. The van der Waals surface area contributed by atoms with E-state index < -0.39 is 0 Å². The van der Waals surface area contributed by atoms with Crippen molar-refractivity contribution in [1.29, 1.82) is 0 Å². The van der Waals surface area contributed by atoms with Crippen LogP contribution in [0.25, 0.3) is 0 Å². The topological polar surface area (TPSA) is 12.4 Å². The zero-order valence-corrected chi connectivity index (χ0v) is 12.3. The van der Waals surface area contributed by atoms with Crippen molar-refractivity contribution >= 4 is 29.2 Å². The third-order valence-electron chi connectivity index (χ3n) is 3.43. The number of thioether (sulfide) groups is 1. The first kappa shape index (κ1) is 14.6. The molecule has 1 nitrogen and oxygen atoms in total. The first-order valence-electron chi connectivity index (χ1n) is 6.11. The van der Waals surface area contributed by atoms with Crippen LogP contribution in [0.3, 0.4) is 0 Å². The molecule has 0 saturated carbocycles. The molecule has 94 valence electrons. The lowest BCUT2D eigenvalue weighted by Gasteiger charge is -2.34. The lowest BCUT2D eigenvalue weighted by molar-refractivity contribution is 0.408. The smallest absolute Gasteiger partial charge is 0.0871 e. The Morgan fingerprint density at radius 2 is 1.76 bits per heavy atom. The number of aliphatic imine (C=N–C) groups is 1. The van der Waals surface area contributed by atoms with Gasteiger partial charge in [0.2, 0.25) is 0 Å². The highest BCUT2D eigenvalue weighted by atomic mass is 35.5. The van der Waals surface area contributed by atoms with Crippen LogP contribution in [0.2, 0.25) is 0 Å². The number of nitrogens with zero attached hydrogens (tertiary/aromatic N) is 1. The molecule has 17 heavy (non-hydrogen) atoms. The summed E-state index contributed by atoms with van der Waals surface area (Å²) in [5.41, 5.74) is 1.45. The summed E-state index contributed by atoms with van der Waals surface area (Å²) in [4.78, 5) is 6.39. The molecule has 0 saturated heterocycles. The van der Waals surface area contributed by atoms with E-state index in [1.807, 2.05) is 11.8 Å². The van der Waals surface area contributed by atoms with Crippen LogP contribution in [0.4, 0.5) is 0 Å². The Morgan fingerprint density at radius 3 is 2.35 bits per heavy atom. The number of hydrogen-bond donors (Lipinski definition) is 0. The van der Waals surface area contributed by atoms with Gasteiger partial charge in [0.05, 0.1) is 10.6 Å². The van der Waals surface area contributed by atoms with E-state index in [4.69, 9.17) is 4.99 Å². The molecule has 1 aromatic rings. The molecule has 1 aliphatic heterocycles. The quantitative estimate of drug-likeness (QED) is 0.749. The van der Waals surface area contributed by atoms with Crippen LogP contribution in [0.15, 0.2) is 34.2 Å². The number of halogens is 1. The molecule has 0 fully saturated rings. The zero-order chi connectivity index (χ0) is 11.6. The number of hydrogen-bond acceptors (Lipinski definition) is 2. The van der Waals surface area contributed by atoms with Crippen LogP contribution < -0.4 is 0 Å². The fourth-order valence-corrected chi connectivity index (χ4v) is 3.46. The lowest BCUT2D eigenvalue weighted by atomic mass is 9.85. The van der Waals surface area contributed by atoms with Gasteiger partial charge in [-0.3, -0.25) is 4.99 Å². The van der Waals surface area contributed by atoms with Crippen molar-refractivity contribution in [2.45, 2.75) is 50.5 Å². The third-order valence-corrected chi connectivity index (χ3v) is 4.62. The van der Waals surface area contributed by atoms with Crippen molar-refractivity contribution in [3.63, 3.8) is 0 Å². The maximum atomic E-state index is 4.99. The maximum Gasteiger partial charge on any atom is 0.0871 e. The van der Waals surface area contributed by atoms with Crippen molar-refractivity contribution in [2.24, 2.45) is 4.99 Å². The van der Waals surface area contributed by atoms with Crippen molar-refractivity contribution in [2.75, 3.05) is 0 Å². The second-order valence-electron chi connectivity index (χ2n) is 4.20.